The molecule has 0 radical (unpaired) electrons. The molecule has 14 heavy (non-hydrogen) atoms. The molecule has 1 aliphatic carbocycles. The Hall–Kier alpha value is -0.890. The molecule has 76 valence electrons. The normalized spacial score (nSPS) is 25.9. The molecule has 1 aromatic rings. The third kappa shape index (κ3) is 1.44. The van der Waals surface area contributed by atoms with E-state index in [1.165, 1.54) is 0 Å². The largest absolute Gasteiger partial charge is 0.330 e. The van der Waals surface area contributed by atoms with Crippen LogP contribution < -0.4 is 5.73 Å². The zero-order valence-corrected chi connectivity index (χ0v) is 8.46. The van der Waals surface area contributed by atoms with Gasteiger partial charge in [-0.1, -0.05) is 19.1 Å². The van der Waals surface area contributed by atoms with Gasteiger partial charge in [-0.05, 0) is 48.4 Å². The molecule has 2 atom stereocenters. The zero-order valence-electron chi connectivity index (χ0n) is 8.46. The number of hydrogen-bond acceptors (Lipinski definition) is 1. The fraction of sp³-hybridized carbons (Fsp3) is 0.500. The van der Waals surface area contributed by atoms with Crippen LogP contribution in [0.1, 0.15) is 42.7 Å². The molecule has 1 nitrogen and oxygen atoms in total. The first-order valence-corrected chi connectivity index (χ1v) is 5.22. The van der Waals surface area contributed by atoms with E-state index in [-0.39, 0.29) is 5.82 Å². The molecule has 2 N–H and O–H groups in total. The van der Waals surface area contributed by atoms with E-state index in [4.69, 9.17) is 5.73 Å². The second kappa shape index (κ2) is 3.70. The van der Waals surface area contributed by atoms with E-state index < -0.39 is 0 Å². The Labute approximate surface area is 84.1 Å². The van der Waals surface area contributed by atoms with Gasteiger partial charge in [-0.15, -0.1) is 0 Å². The summed E-state index contributed by atoms with van der Waals surface area (Å²) in [7, 11) is 0. The summed E-state index contributed by atoms with van der Waals surface area (Å²) in [5.41, 5.74) is 7.72. The molecular formula is C12H16FN. The number of fused-ring (bicyclic) bond motifs is 1. The number of rotatable bonds is 1. The lowest BCUT2D eigenvalue weighted by Crippen LogP contribution is -2.20. The second-order valence-electron chi connectivity index (χ2n) is 4.15. The monoisotopic (exact) mass is 193 g/mol. The van der Waals surface area contributed by atoms with Gasteiger partial charge in [-0.25, -0.2) is 4.39 Å². The highest BCUT2D eigenvalue weighted by atomic mass is 19.1. The molecule has 2 rings (SSSR count). The summed E-state index contributed by atoms with van der Waals surface area (Å²) >= 11 is 0. The van der Waals surface area contributed by atoms with E-state index in [9.17, 15) is 4.39 Å². The summed E-state index contributed by atoms with van der Waals surface area (Å²) in [5.74, 6) is 0.638. The van der Waals surface area contributed by atoms with Crippen molar-refractivity contribution in [2.24, 2.45) is 5.73 Å². The van der Waals surface area contributed by atoms with Crippen LogP contribution in [-0.4, -0.2) is 6.54 Å². The quantitative estimate of drug-likeness (QED) is 0.729. The summed E-state index contributed by atoms with van der Waals surface area (Å²) < 4.78 is 13.6. The first-order chi connectivity index (χ1) is 6.74. The summed E-state index contributed by atoms with van der Waals surface area (Å²) in [6.07, 6.45) is 2.14. The van der Waals surface area contributed by atoms with Crippen molar-refractivity contribution in [3.63, 3.8) is 0 Å². The fourth-order valence-electron chi connectivity index (χ4n) is 2.43. The van der Waals surface area contributed by atoms with Gasteiger partial charge in [0.1, 0.15) is 5.82 Å². The highest BCUT2D eigenvalue weighted by Crippen LogP contribution is 2.39. The Kier molecular flexibility index (Phi) is 2.55. The van der Waals surface area contributed by atoms with Crippen LogP contribution in [0, 0.1) is 5.82 Å². The number of nitrogens with two attached hydrogens (primary N) is 1. The van der Waals surface area contributed by atoms with Crippen LogP contribution in [0.3, 0.4) is 0 Å². The van der Waals surface area contributed by atoms with Gasteiger partial charge in [0.05, 0.1) is 0 Å². The number of benzene rings is 1. The van der Waals surface area contributed by atoms with E-state index in [1.54, 1.807) is 12.1 Å². The van der Waals surface area contributed by atoms with E-state index >= 15 is 0 Å². The molecule has 0 heterocycles. The van der Waals surface area contributed by atoms with Gasteiger partial charge in [0.15, 0.2) is 0 Å². The van der Waals surface area contributed by atoms with Gasteiger partial charge in [0.25, 0.3) is 0 Å². The molecule has 0 amide bonds. The SMILES string of the molecule is CC1CCC(CN)c2cccc(F)c21. The molecule has 0 aromatic heterocycles. The standard InChI is InChI=1S/C12H16FN/c1-8-5-6-9(7-14)10-3-2-4-11(13)12(8)10/h2-4,8-9H,5-7,14H2,1H3. The third-order valence-electron chi connectivity index (χ3n) is 3.25. The second-order valence-corrected chi connectivity index (χ2v) is 4.15. The van der Waals surface area contributed by atoms with Crippen LogP contribution in [0.15, 0.2) is 18.2 Å². The topological polar surface area (TPSA) is 26.0 Å². The molecule has 2 unspecified atom stereocenters. The Morgan fingerprint density at radius 1 is 1.43 bits per heavy atom. The summed E-state index contributed by atoms with van der Waals surface area (Å²) in [5, 5.41) is 0. The van der Waals surface area contributed by atoms with E-state index in [1.807, 2.05) is 6.07 Å². The van der Waals surface area contributed by atoms with Crippen LogP contribution in [0.4, 0.5) is 4.39 Å². The maximum atomic E-state index is 13.6. The van der Waals surface area contributed by atoms with Crippen LogP contribution in [0.5, 0.6) is 0 Å². The Morgan fingerprint density at radius 3 is 2.93 bits per heavy atom. The predicted octanol–water partition coefficient (Wildman–Crippen LogP) is 2.77. The van der Waals surface area contributed by atoms with Crippen LogP contribution in [0.25, 0.3) is 0 Å². The minimum atomic E-state index is -0.0619. The Morgan fingerprint density at radius 2 is 2.21 bits per heavy atom. The van der Waals surface area contributed by atoms with Gasteiger partial charge < -0.3 is 5.73 Å². The first-order valence-electron chi connectivity index (χ1n) is 5.22. The van der Waals surface area contributed by atoms with Crippen molar-refractivity contribution in [1.29, 1.82) is 0 Å². The van der Waals surface area contributed by atoms with Gasteiger partial charge >= 0.3 is 0 Å². The van der Waals surface area contributed by atoms with Crippen LogP contribution >= 0.6 is 0 Å². The molecule has 2 heteroatoms. The highest BCUT2D eigenvalue weighted by Gasteiger charge is 2.25. The Bertz CT molecular complexity index is 335. The molecule has 0 bridgehead atoms. The molecular weight excluding hydrogens is 177 g/mol. The lowest BCUT2D eigenvalue weighted by Gasteiger charge is -2.29. The highest BCUT2D eigenvalue weighted by molar-refractivity contribution is 5.36. The lowest BCUT2D eigenvalue weighted by atomic mass is 9.77. The summed E-state index contributed by atoms with van der Waals surface area (Å²) in [4.78, 5) is 0. The Balaban J connectivity index is 2.50. The van der Waals surface area contributed by atoms with Gasteiger partial charge in [0.2, 0.25) is 0 Å². The minimum Gasteiger partial charge on any atom is -0.330 e. The smallest absolute Gasteiger partial charge is 0.126 e. The van der Waals surface area contributed by atoms with Crippen molar-refractivity contribution in [3.05, 3.63) is 35.1 Å². The summed E-state index contributed by atoms with van der Waals surface area (Å²) in [6, 6.07) is 5.36. The average Bonchev–Trinajstić information content (AvgIpc) is 2.18. The molecule has 1 aliphatic rings. The van der Waals surface area contributed by atoms with Crippen molar-refractivity contribution in [3.8, 4) is 0 Å². The molecule has 0 saturated carbocycles. The van der Waals surface area contributed by atoms with Crippen molar-refractivity contribution < 1.29 is 4.39 Å². The lowest BCUT2D eigenvalue weighted by molar-refractivity contribution is 0.479. The van der Waals surface area contributed by atoms with Crippen LogP contribution in [0.2, 0.25) is 0 Å². The van der Waals surface area contributed by atoms with Gasteiger partial charge in [-0.3, -0.25) is 0 Å². The van der Waals surface area contributed by atoms with Crippen molar-refractivity contribution in [2.45, 2.75) is 31.6 Å². The predicted molar refractivity (Wildman–Crippen MR) is 55.8 cm³/mol. The molecule has 0 aliphatic heterocycles. The molecule has 0 saturated heterocycles. The van der Waals surface area contributed by atoms with Crippen molar-refractivity contribution in [2.75, 3.05) is 6.54 Å². The average molecular weight is 193 g/mol. The molecule has 1 aromatic carbocycles. The number of halogens is 1. The van der Waals surface area contributed by atoms with Crippen molar-refractivity contribution in [1.82, 2.24) is 0 Å². The van der Waals surface area contributed by atoms with E-state index in [0.29, 0.717) is 18.4 Å². The summed E-state index contributed by atoms with van der Waals surface area (Å²) in [6.45, 7) is 2.72. The third-order valence-corrected chi connectivity index (χ3v) is 3.25. The van der Waals surface area contributed by atoms with Gasteiger partial charge in [-0.2, -0.15) is 0 Å². The maximum absolute atomic E-state index is 13.6. The van der Waals surface area contributed by atoms with Crippen molar-refractivity contribution >= 4 is 0 Å². The van der Waals surface area contributed by atoms with E-state index in [0.717, 1.165) is 24.0 Å². The number of hydrogen-bond donors (Lipinski definition) is 1. The first kappa shape index (κ1) is 9.66. The fourth-order valence-corrected chi connectivity index (χ4v) is 2.43. The molecule has 0 fully saturated rings. The minimum absolute atomic E-state index is 0.0619. The van der Waals surface area contributed by atoms with Gasteiger partial charge in [0, 0.05) is 0 Å². The zero-order chi connectivity index (χ0) is 10.1. The maximum Gasteiger partial charge on any atom is 0.126 e. The molecule has 0 spiro atoms. The van der Waals surface area contributed by atoms with Crippen LogP contribution in [-0.2, 0) is 0 Å². The van der Waals surface area contributed by atoms with E-state index in [2.05, 4.69) is 6.92 Å².